The number of carbonyl (C=O) groups excluding carboxylic acids is 1. The van der Waals surface area contributed by atoms with Gasteiger partial charge in [0.2, 0.25) is 0 Å². The van der Waals surface area contributed by atoms with Crippen molar-refractivity contribution in [1.82, 2.24) is 0 Å². The Morgan fingerprint density at radius 3 is 2.40 bits per heavy atom. The molecule has 60 valence electrons. The van der Waals surface area contributed by atoms with Gasteiger partial charge >= 0.3 is 5.97 Å². The quantitative estimate of drug-likeness (QED) is 0.451. The van der Waals surface area contributed by atoms with Crippen LogP contribution < -0.4 is 0 Å². The third-order valence-corrected chi connectivity index (χ3v) is 1.33. The van der Waals surface area contributed by atoms with Gasteiger partial charge in [0.25, 0.3) is 10.1 Å². The summed E-state index contributed by atoms with van der Waals surface area (Å²) in [5, 5.41) is 0. The highest BCUT2D eigenvalue weighted by atomic mass is 32.2. The molecular formula is C4H8O5S. The van der Waals surface area contributed by atoms with Crippen molar-refractivity contribution < 1.29 is 22.5 Å². The fourth-order valence-electron chi connectivity index (χ4n) is 0.291. The van der Waals surface area contributed by atoms with Crippen molar-refractivity contribution in [1.29, 1.82) is 0 Å². The molecule has 0 fully saturated rings. The van der Waals surface area contributed by atoms with Crippen molar-refractivity contribution in [2.24, 2.45) is 0 Å². The first-order valence-corrected chi connectivity index (χ1v) is 4.11. The standard InChI is InChI=1S/C4H8O5S/c1-4(5)9-2-3-10(6,7)8/h2-3H2,1H3,(H,6,7,8). The number of carbonyl (C=O) groups is 1. The van der Waals surface area contributed by atoms with E-state index >= 15 is 0 Å². The van der Waals surface area contributed by atoms with E-state index in [9.17, 15) is 13.2 Å². The molecule has 0 unspecified atom stereocenters. The normalized spacial score (nSPS) is 11.0. The Morgan fingerprint density at radius 1 is 1.60 bits per heavy atom. The first-order valence-electron chi connectivity index (χ1n) is 2.50. The Balaban J connectivity index is 3.49. The largest absolute Gasteiger partial charge is 0.465 e. The molecule has 5 nitrogen and oxygen atoms in total. The van der Waals surface area contributed by atoms with Crippen LogP contribution in [0.3, 0.4) is 0 Å². The fraction of sp³-hybridized carbons (Fsp3) is 0.750. The van der Waals surface area contributed by atoms with Crippen molar-refractivity contribution in [2.45, 2.75) is 6.92 Å². The molecular weight excluding hydrogens is 160 g/mol. The first-order chi connectivity index (χ1) is 4.42. The van der Waals surface area contributed by atoms with Gasteiger partial charge in [-0.05, 0) is 0 Å². The van der Waals surface area contributed by atoms with Crippen LogP contribution in [0, 0.1) is 0 Å². The summed E-state index contributed by atoms with van der Waals surface area (Å²) < 4.78 is 32.3. The lowest BCUT2D eigenvalue weighted by Crippen LogP contribution is -2.12. The van der Waals surface area contributed by atoms with Gasteiger partial charge in [0.1, 0.15) is 12.4 Å². The Morgan fingerprint density at radius 2 is 2.10 bits per heavy atom. The lowest BCUT2D eigenvalue weighted by molar-refractivity contribution is -0.140. The molecule has 0 amide bonds. The molecule has 0 aromatic rings. The molecule has 0 aromatic heterocycles. The highest BCUT2D eigenvalue weighted by Crippen LogP contribution is 1.83. The Kier molecular flexibility index (Phi) is 3.31. The Bertz CT molecular complexity index is 204. The maximum Gasteiger partial charge on any atom is 0.302 e. The summed E-state index contributed by atoms with van der Waals surface area (Å²) in [6.07, 6.45) is 0. The lowest BCUT2D eigenvalue weighted by atomic mass is 10.8. The molecule has 0 aromatic carbocycles. The first kappa shape index (κ1) is 9.38. The SMILES string of the molecule is CC(=O)OCCS(=O)(=O)O. The number of ether oxygens (including phenoxy) is 1. The zero-order chi connectivity index (χ0) is 8.20. The molecule has 0 atom stereocenters. The van der Waals surface area contributed by atoms with Gasteiger partial charge in [0.05, 0.1) is 0 Å². The van der Waals surface area contributed by atoms with Crippen LogP contribution in [0.2, 0.25) is 0 Å². The number of hydrogen-bond acceptors (Lipinski definition) is 4. The van der Waals surface area contributed by atoms with Crippen LogP contribution in [0.25, 0.3) is 0 Å². The van der Waals surface area contributed by atoms with Gasteiger partial charge in [-0.3, -0.25) is 9.35 Å². The van der Waals surface area contributed by atoms with E-state index < -0.39 is 21.8 Å². The molecule has 0 saturated carbocycles. The van der Waals surface area contributed by atoms with Crippen molar-refractivity contribution in [3.05, 3.63) is 0 Å². The van der Waals surface area contributed by atoms with E-state index in [1.165, 1.54) is 0 Å². The molecule has 0 heterocycles. The number of rotatable bonds is 3. The summed E-state index contributed by atoms with van der Waals surface area (Å²) >= 11 is 0. The van der Waals surface area contributed by atoms with Crippen molar-refractivity contribution in [3.8, 4) is 0 Å². The molecule has 10 heavy (non-hydrogen) atoms. The van der Waals surface area contributed by atoms with E-state index in [2.05, 4.69) is 4.74 Å². The minimum absolute atomic E-state index is 0.297. The van der Waals surface area contributed by atoms with E-state index in [0.717, 1.165) is 6.92 Å². The molecule has 1 N–H and O–H groups in total. The molecule has 0 aliphatic carbocycles. The highest BCUT2D eigenvalue weighted by Gasteiger charge is 2.04. The average molecular weight is 168 g/mol. The minimum atomic E-state index is -4.00. The van der Waals surface area contributed by atoms with Crippen LogP contribution in [-0.4, -0.2) is 31.3 Å². The highest BCUT2D eigenvalue weighted by molar-refractivity contribution is 7.85. The van der Waals surface area contributed by atoms with Crippen LogP contribution in [0.5, 0.6) is 0 Å². The van der Waals surface area contributed by atoms with Gasteiger partial charge in [-0.1, -0.05) is 0 Å². The minimum Gasteiger partial charge on any atom is -0.465 e. The molecule has 0 rings (SSSR count). The number of esters is 1. The lowest BCUT2D eigenvalue weighted by Gasteiger charge is -1.97. The van der Waals surface area contributed by atoms with Crippen LogP contribution >= 0.6 is 0 Å². The van der Waals surface area contributed by atoms with E-state index in [1.807, 2.05) is 0 Å². The van der Waals surface area contributed by atoms with Crippen molar-refractivity contribution >= 4 is 16.1 Å². The topological polar surface area (TPSA) is 80.7 Å². The van der Waals surface area contributed by atoms with Gasteiger partial charge in [-0.15, -0.1) is 0 Å². The molecule has 6 heteroatoms. The van der Waals surface area contributed by atoms with Crippen molar-refractivity contribution in [3.63, 3.8) is 0 Å². The second kappa shape index (κ2) is 3.52. The van der Waals surface area contributed by atoms with Crippen LogP contribution in [0.15, 0.2) is 0 Å². The summed E-state index contributed by atoms with van der Waals surface area (Å²) in [5.41, 5.74) is 0. The fourth-order valence-corrected chi connectivity index (χ4v) is 0.585. The maximum atomic E-state index is 10.0. The molecule has 0 aliphatic heterocycles. The summed E-state index contributed by atoms with van der Waals surface area (Å²) in [4.78, 5) is 10.0. The zero-order valence-corrected chi connectivity index (χ0v) is 6.22. The van der Waals surface area contributed by atoms with Crippen LogP contribution in [0.1, 0.15) is 6.92 Å². The molecule has 0 spiro atoms. The van der Waals surface area contributed by atoms with Gasteiger partial charge in [0, 0.05) is 6.92 Å². The maximum absolute atomic E-state index is 10.0. The van der Waals surface area contributed by atoms with E-state index in [-0.39, 0.29) is 6.61 Å². The van der Waals surface area contributed by atoms with E-state index in [4.69, 9.17) is 4.55 Å². The van der Waals surface area contributed by atoms with Gasteiger partial charge in [-0.2, -0.15) is 8.42 Å². The summed E-state index contributed by atoms with van der Waals surface area (Å²) in [6, 6.07) is 0. The third-order valence-electron chi connectivity index (χ3n) is 0.647. The molecule has 0 aliphatic rings. The predicted octanol–water partition coefficient (Wildman–Crippen LogP) is -0.563. The summed E-state index contributed by atoms with van der Waals surface area (Å²) in [5.74, 6) is -1.12. The van der Waals surface area contributed by atoms with Crippen molar-refractivity contribution in [2.75, 3.05) is 12.4 Å². The molecule has 0 bridgehead atoms. The van der Waals surface area contributed by atoms with Gasteiger partial charge in [-0.25, -0.2) is 0 Å². The average Bonchev–Trinajstić information content (AvgIpc) is 1.59. The Hall–Kier alpha value is -0.620. The Labute approximate surface area is 58.7 Å². The molecule has 0 radical (unpaired) electrons. The van der Waals surface area contributed by atoms with Crippen LogP contribution in [-0.2, 0) is 19.6 Å². The van der Waals surface area contributed by atoms with E-state index in [1.54, 1.807) is 0 Å². The summed E-state index contributed by atoms with van der Waals surface area (Å²) in [7, 11) is -4.00. The monoisotopic (exact) mass is 168 g/mol. The second-order valence-electron chi connectivity index (χ2n) is 1.63. The van der Waals surface area contributed by atoms with Crippen LogP contribution in [0.4, 0.5) is 0 Å². The van der Waals surface area contributed by atoms with Gasteiger partial charge in [0.15, 0.2) is 0 Å². The third kappa shape index (κ3) is 7.38. The van der Waals surface area contributed by atoms with Gasteiger partial charge < -0.3 is 4.74 Å². The summed E-state index contributed by atoms with van der Waals surface area (Å²) in [6.45, 7) is 0.859. The van der Waals surface area contributed by atoms with E-state index in [0.29, 0.717) is 0 Å². The predicted molar refractivity (Wildman–Crippen MR) is 33.0 cm³/mol. The molecule has 0 saturated heterocycles. The zero-order valence-electron chi connectivity index (χ0n) is 5.40. The smallest absolute Gasteiger partial charge is 0.302 e. The number of hydrogen-bond donors (Lipinski definition) is 1. The second-order valence-corrected chi connectivity index (χ2v) is 3.20.